The monoisotopic (exact) mass is 284 g/mol. The topological polar surface area (TPSA) is 105 Å². The molecule has 0 amide bonds. The van der Waals surface area contributed by atoms with Crippen molar-refractivity contribution in [1.29, 1.82) is 0 Å². The highest BCUT2D eigenvalue weighted by atomic mass is 32.1. The zero-order chi connectivity index (χ0) is 13.6. The molecule has 1 saturated heterocycles. The maximum absolute atomic E-state index is 11.9. The van der Waals surface area contributed by atoms with Gasteiger partial charge in [-0.3, -0.25) is 14.3 Å². The molecule has 8 heteroatoms. The molecule has 2 aromatic heterocycles. The molecule has 3 rings (SSSR count). The molecule has 0 unspecified atom stereocenters. The van der Waals surface area contributed by atoms with Gasteiger partial charge in [0.15, 0.2) is 0 Å². The third-order valence-corrected chi connectivity index (χ3v) is 4.12. The Morgan fingerprint density at radius 2 is 2.32 bits per heavy atom. The SMILES string of the molecule is O=c1[nH]c(=O)n([C@H]2C[C@H](O)[C@@H](CO)O2)c2ccsc12. The van der Waals surface area contributed by atoms with Crippen LogP contribution in [0.2, 0.25) is 0 Å². The predicted molar refractivity (Wildman–Crippen MR) is 68.3 cm³/mol. The van der Waals surface area contributed by atoms with Crippen LogP contribution in [-0.4, -0.2) is 38.6 Å². The summed E-state index contributed by atoms with van der Waals surface area (Å²) in [4.78, 5) is 25.8. The van der Waals surface area contributed by atoms with Crippen LogP contribution in [-0.2, 0) is 4.74 Å². The maximum atomic E-state index is 11.9. The summed E-state index contributed by atoms with van der Waals surface area (Å²) in [5.41, 5.74) is -0.523. The van der Waals surface area contributed by atoms with Crippen molar-refractivity contribution in [2.75, 3.05) is 6.61 Å². The number of hydrogen-bond acceptors (Lipinski definition) is 6. The first kappa shape index (κ1) is 12.5. The van der Waals surface area contributed by atoms with Crippen LogP contribution in [0, 0.1) is 0 Å². The minimum absolute atomic E-state index is 0.197. The van der Waals surface area contributed by atoms with Gasteiger partial charge in [-0.1, -0.05) is 0 Å². The number of rotatable bonds is 2. The Hall–Kier alpha value is -1.48. The molecule has 102 valence electrons. The van der Waals surface area contributed by atoms with E-state index in [0.717, 1.165) is 0 Å². The number of aromatic nitrogens is 2. The number of fused-ring (bicyclic) bond motifs is 1. The minimum atomic E-state index is -0.831. The van der Waals surface area contributed by atoms with Crippen LogP contribution in [0.25, 0.3) is 10.2 Å². The van der Waals surface area contributed by atoms with Crippen molar-refractivity contribution in [3.63, 3.8) is 0 Å². The molecule has 3 atom stereocenters. The molecule has 0 spiro atoms. The number of aliphatic hydroxyl groups is 2. The number of aromatic amines is 1. The van der Waals surface area contributed by atoms with Gasteiger partial charge in [0, 0.05) is 6.42 Å². The summed E-state index contributed by atoms with van der Waals surface area (Å²) < 4.78 is 7.20. The Morgan fingerprint density at radius 1 is 1.53 bits per heavy atom. The molecular weight excluding hydrogens is 272 g/mol. The van der Waals surface area contributed by atoms with Crippen LogP contribution in [0.1, 0.15) is 12.6 Å². The highest BCUT2D eigenvalue weighted by Crippen LogP contribution is 2.30. The maximum Gasteiger partial charge on any atom is 0.331 e. The third kappa shape index (κ3) is 1.93. The number of ether oxygens (including phenoxy) is 1. The summed E-state index contributed by atoms with van der Waals surface area (Å²) in [6.07, 6.45) is -2.03. The van der Waals surface area contributed by atoms with Crippen LogP contribution in [0.4, 0.5) is 0 Å². The lowest BCUT2D eigenvalue weighted by Gasteiger charge is -2.15. The fourth-order valence-electron chi connectivity index (χ4n) is 2.31. The molecule has 19 heavy (non-hydrogen) atoms. The number of nitrogens with zero attached hydrogens (tertiary/aromatic N) is 1. The van der Waals surface area contributed by atoms with Crippen molar-refractivity contribution in [1.82, 2.24) is 9.55 Å². The molecule has 0 radical (unpaired) electrons. The molecule has 0 aliphatic carbocycles. The summed E-state index contributed by atoms with van der Waals surface area (Å²) in [5, 5.41) is 20.5. The van der Waals surface area contributed by atoms with Crippen molar-refractivity contribution in [3.8, 4) is 0 Å². The standard InChI is InChI=1S/C11H12N2O5S/c14-4-7-6(15)3-8(18-7)13-5-1-2-19-9(5)10(16)12-11(13)17/h1-2,6-8,14-15H,3-4H2,(H,12,16,17)/t6-,7+,8+/m0/s1. The predicted octanol–water partition coefficient (Wildman–Crippen LogP) is -0.608. The number of aliphatic hydroxyl groups excluding tert-OH is 2. The Kier molecular flexibility index (Phi) is 3.02. The summed E-state index contributed by atoms with van der Waals surface area (Å²) in [6, 6.07) is 1.67. The van der Waals surface area contributed by atoms with Crippen molar-refractivity contribution >= 4 is 21.6 Å². The summed E-state index contributed by atoms with van der Waals surface area (Å²) >= 11 is 1.23. The van der Waals surface area contributed by atoms with Gasteiger partial charge in [0.2, 0.25) is 0 Å². The molecule has 2 aromatic rings. The third-order valence-electron chi connectivity index (χ3n) is 3.22. The quantitative estimate of drug-likeness (QED) is 0.682. The van der Waals surface area contributed by atoms with E-state index in [9.17, 15) is 14.7 Å². The van der Waals surface area contributed by atoms with Gasteiger partial charge in [-0.15, -0.1) is 11.3 Å². The van der Waals surface area contributed by atoms with Crippen LogP contribution < -0.4 is 11.2 Å². The average Bonchev–Trinajstić information content (AvgIpc) is 2.96. The van der Waals surface area contributed by atoms with E-state index >= 15 is 0 Å². The Bertz CT molecular complexity index is 718. The van der Waals surface area contributed by atoms with E-state index in [0.29, 0.717) is 10.2 Å². The number of hydrogen-bond donors (Lipinski definition) is 3. The van der Waals surface area contributed by atoms with Crippen LogP contribution in [0.15, 0.2) is 21.0 Å². The van der Waals surface area contributed by atoms with Gasteiger partial charge >= 0.3 is 5.69 Å². The zero-order valence-corrected chi connectivity index (χ0v) is 10.6. The Morgan fingerprint density at radius 3 is 3.00 bits per heavy atom. The fraction of sp³-hybridized carbons (Fsp3) is 0.455. The van der Waals surface area contributed by atoms with Gasteiger partial charge < -0.3 is 14.9 Å². The summed E-state index contributed by atoms with van der Waals surface area (Å²) in [7, 11) is 0. The first-order valence-electron chi connectivity index (χ1n) is 5.78. The molecule has 3 N–H and O–H groups in total. The van der Waals surface area contributed by atoms with Crippen molar-refractivity contribution < 1.29 is 14.9 Å². The minimum Gasteiger partial charge on any atom is -0.394 e. The molecule has 0 bridgehead atoms. The summed E-state index contributed by atoms with van der Waals surface area (Å²) in [6.45, 7) is -0.317. The van der Waals surface area contributed by atoms with Gasteiger partial charge in [0.25, 0.3) is 5.56 Å². The lowest BCUT2D eigenvalue weighted by Crippen LogP contribution is -2.32. The van der Waals surface area contributed by atoms with Gasteiger partial charge in [0.05, 0.1) is 18.2 Å². The molecule has 1 aliphatic heterocycles. The second-order valence-electron chi connectivity index (χ2n) is 4.38. The van der Waals surface area contributed by atoms with Crippen molar-refractivity contribution in [2.45, 2.75) is 24.9 Å². The highest BCUT2D eigenvalue weighted by molar-refractivity contribution is 7.17. The second kappa shape index (κ2) is 4.57. The lowest BCUT2D eigenvalue weighted by atomic mass is 10.2. The van der Waals surface area contributed by atoms with E-state index < -0.39 is 29.7 Å². The zero-order valence-electron chi connectivity index (χ0n) is 9.78. The van der Waals surface area contributed by atoms with Crippen LogP contribution in [0.5, 0.6) is 0 Å². The average molecular weight is 284 g/mol. The van der Waals surface area contributed by atoms with E-state index in [1.165, 1.54) is 15.9 Å². The van der Waals surface area contributed by atoms with E-state index in [2.05, 4.69) is 4.98 Å². The van der Waals surface area contributed by atoms with E-state index in [1.54, 1.807) is 11.4 Å². The molecule has 7 nitrogen and oxygen atoms in total. The molecule has 0 saturated carbocycles. The van der Waals surface area contributed by atoms with Crippen molar-refractivity contribution in [2.24, 2.45) is 0 Å². The molecule has 0 aromatic carbocycles. The van der Waals surface area contributed by atoms with Crippen molar-refractivity contribution in [3.05, 3.63) is 32.3 Å². The molecule has 3 heterocycles. The lowest BCUT2D eigenvalue weighted by molar-refractivity contribution is -0.0443. The largest absolute Gasteiger partial charge is 0.394 e. The van der Waals surface area contributed by atoms with Gasteiger partial charge in [-0.05, 0) is 11.4 Å². The van der Waals surface area contributed by atoms with E-state index in [1.807, 2.05) is 0 Å². The normalized spacial score (nSPS) is 27.2. The summed E-state index contributed by atoms with van der Waals surface area (Å²) in [5.74, 6) is 0. The smallest absolute Gasteiger partial charge is 0.331 e. The van der Waals surface area contributed by atoms with Crippen LogP contribution >= 0.6 is 11.3 Å². The van der Waals surface area contributed by atoms with E-state index in [-0.39, 0.29) is 13.0 Å². The van der Waals surface area contributed by atoms with Gasteiger partial charge in [-0.25, -0.2) is 4.79 Å². The first-order chi connectivity index (χ1) is 9.11. The molecular formula is C11H12N2O5S. The highest BCUT2D eigenvalue weighted by Gasteiger charge is 2.35. The molecule has 1 aliphatic rings. The van der Waals surface area contributed by atoms with Gasteiger partial charge in [0.1, 0.15) is 17.0 Å². The van der Waals surface area contributed by atoms with Crippen LogP contribution in [0.3, 0.4) is 0 Å². The second-order valence-corrected chi connectivity index (χ2v) is 5.30. The number of thiophene rings is 1. The Labute approximate surface area is 110 Å². The number of nitrogens with one attached hydrogen (secondary N) is 1. The van der Waals surface area contributed by atoms with E-state index in [4.69, 9.17) is 9.84 Å². The molecule has 1 fully saturated rings. The first-order valence-corrected chi connectivity index (χ1v) is 6.66. The Balaban J connectivity index is 2.14. The fourth-order valence-corrected chi connectivity index (χ4v) is 3.09. The van der Waals surface area contributed by atoms with Gasteiger partial charge in [-0.2, -0.15) is 0 Å². The number of H-pyrrole nitrogens is 1.